The van der Waals surface area contributed by atoms with Crippen molar-refractivity contribution in [3.05, 3.63) is 58.6 Å². The summed E-state index contributed by atoms with van der Waals surface area (Å²) < 4.78 is 8.58. The van der Waals surface area contributed by atoms with Crippen LogP contribution in [-0.2, 0) is 13.8 Å². The number of nitrogens with zero attached hydrogens (tertiary/aromatic N) is 4. The highest BCUT2D eigenvalue weighted by Crippen LogP contribution is 2.21. The average molecular weight is 403 g/mol. The lowest BCUT2D eigenvalue weighted by Crippen LogP contribution is -2.21. The van der Waals surface area contributed by atoms with Crippen molar-refractivity contribution in [3.63, 3.8) is 0 Å². The third-order valence-corrected chi connectivity index (χ3v) is 4.31. The molecule has 146 valence electrons. The first kappa shape index (κ1) is 19.4. The molecule has 2 heterocycles. The summed E-state index contributed by atoms with van der Waals surface area (Å²) >= 11 is 6.00. The number of hydrogen-bond donors (Lipinski definition) is 2. The van der Waals surface area contributed by atoms with Gasteiger partial charge in [-0.25, -0.2) is 4.68 Å². The van der Waals surface area contributed by atoms with E-state index in [2.05, 4.69) is 20.8 Å². The number of halogens is 1. The smallest absolute Gasteiger partial charge is 0.276 e. The Hall–Kier alpha value is -3.33. The molecule has 0 fully saturated rings. The fourth-order valence-electron chi connectivity index (χ4n) is 2.45. The van der Waals surface area contributed by atoms with Crippen LogP contribution in [0.5, 0.6) is 5.75 Å². The van der Waals surface area contributed by atoms with Crippen LogP contribution in [0.1, 0.15) is 26.5 Å². The zero-order chi connectivity index (χ0) is 20.3. The molecule has 3 rings (SSSR count). The first-order chi connectivity index (χ1) is 13.4. The van der Waals surface area contributed by atoms with Crippen molar-refractivity contribution in [1.29, 1.82) is 0 Å². The van der Waals surface area contributed by atoms with Gasteiger partial charge in [-0.1, -0.05) is 11.6 Å². The van der Waals surface area contributed by atoms with E-state index in [1.54, 1.807) is 37.6 Å². The number of carbonyl (C=O) groups is 2. The molecule has 1 aromatic carbocycles. The Morgan fingerprint density at radius 2 is 2.00 bits per heavy atom. The number of ether oxygens (including phenoxy) is 1. The van der Waals surface area contributed by atoms with E-state index in [1.165, 1.54) is 16.4 Å². The number of aryl methyl sites for hydroxylation is 2. The number of aromatic nitrogens is 4. The zero-order valence-electron chi connectivity index (χ0n) is 15.6. The lowest BCUT2D eigenvalue weighted by molar-refractivity contribution is 0.0958. The van der Waals surface area contributed by atoms with Gasteiger partial charge < -0.3 is 15.4 Å². The molecule has 9 nitrogen and oxygen atoms in total. The van der Waals surface area contributed by atoms with Crippen LogP contribution in [0.25, 0.3) is 0 Å². The number of anilines is 1. The van der Waals surface area contributed by atoms with Crippen molar-refractivity contribution in [2.24, 2.45) is 7.05 Å². The summed E-state index contributed by atoms with van der Waals surface area (Å²) in [5.74, 6) is -0.207. The first-order valence-electron chi connectivity index (χ1n) is 8.37. The molecule has 0 unspecified atom stereocenters. The number of benzene rings is 1. The summed E-state index contributed by atoms with van der Waals surface area (Å²) in [5.41, 5.74) is 1.51. The summed E-state index contributed by atoms with van der Waals surface area (Å²) in [6, 6.07) is 6.89. The fourth-order valence-corrected chi connectivity index (χ4v) is 2.57. The molecule has 0 atom stereocenters. The molecular formula is C18H19ClN6O3. The SMILES string of the molecule is CNC(=O)c1nn(C)cc1NC(=O)c1ccn(COc2ccc(Cl)c(C)c2)n1. The van der Waals surface area contributed by atoms with Gasteiger partial charge in [0.1, 0.15) is 5.75 Å². The van der Waals surface area contributed by atoms with Gasteiger partial charge in [0.2, 0.25) is 0 Å². The highest BCUT2D eigenvalue weighted by Gasteiger charge is 2.18. The maximum Gasteiger partial charge on any atom is 0.276 e. The molecule has 2 aromatic heterocycles. The standard InChI is InChI=1S/C18H19ClN6O3/c1-11-8-12(4-5-13(11)19)28-10-25-7-6-14(22-25)17(26)21-15-9-24(3)23-16(15)18(27)20-2/h4-9H,10H2,1-3H3,(H,20,27)(H,21,26). The minimum Gasteiger partial charge on any atom is -0.471 e. The van der Waals surface area contributed by atoms with Gasteiger partial charge in [-0.05, 0) is 36.8 Å². The summed E-state index contributed by atoms with van der Waals surface area (Å²) in [5, 5.41) is 14.0. The Morgan fingerprint density at radius 1 is 1.21 bits per heavy atom. The molecule has 0 aliphatic carbocycles. The van der Waals surface area contributed by atoms with Crippen LogP contribution in [0.4, 0.5) is 5.69 Å². The van der Waals surface area contributed by atoms with E-state index in [1.807, 2.05) is 13.0 Å². The summed E-state index contributed by atoms with van der Waals surface area (Å²) in [7, 11) is 3.15. The van der Waals surface area contributed by atoms with Crippen molar-refractivity contribution in [1.82, 2.24) is 24.9 Å². The van der Waals surface area contributed by atoms with Crippen LogP contribution < -0.4 is 15.4 Å². The van der Waals surface area contributed by atoms with Crippen molar-refractivity contribution in [2.45, 2.75) is 13.7 Å². The molecule has 0 saturated heterocycles. The van der Waals surface area contributed by atoms with Crippen LogP contribution in [0.3, 0.4) is 0 Å². The van der Waals surface area contributed by atoms with E-state index in [0.29, 0.717) is 16.5 Å². The molecule has 0 aliphatic rings. The van der Waals surface area contributed by atoms with E-state index in [9.17, 15) is 9.59 Å². The number of amides is 2. The monoisotopic (exact) mass is 402 g/mol. The van der Waals surface area contributed by atoms with Crippen LogP contribution in [-0.4, -0.2) is 38.4 Å². The van der Waals surface area contributed by atoms with Crippen LogP contribution in [0.2, 0.25) is 5.02 Å². The molecule has 3 aromatic rings. The summed E-state index contributed by atoms with van der Waals surface area (Å²) in [6.07, 6.45) is 3.17. The topological polar surface area (TPSA) is 103 Å². The highest BCUT2D eigenvalue weighted by molar-refractivity contribution is 6.31. The third-order valence-electron chi connectivity index (χ3n) is 3.89. The number of hydrogen-bond acceptors (Lipinski definition) is 5. The maximum atomic E-state index is 12.4. The predicted octanol–water partition coefficient (Wildman–Crippen LogP) is 2.23. The van der Waals surface area contributed by atoms with Gasteiger partial charge in [0.25, 0.3) is 11.8 Å². The Morgan fingerprint density at radius 3 is 2.71 bits per heavy atom. The first-order valence-corrected chi connectivity index (χ1v) is 8.74. The maximum absolute atomic E-state index is 12.4. The Kier molecular flexibility index (Phi) is 5.65. The van der Waals surface area contributed by atoms with E-state index in [-0.39, 0.29) is 18.1 Å². The number of rotatable bonds is 6. The minimum atomic E-state index is -0.459. The van der Waals surface area contributed by atoms with Gasteiger partial charge in [-0.2, -0.15) is 10.2 Å². The van der Waals surface area contributed by atoms with Crippen LogP contribution in [0.15, 0.2) is 36.7 Å². The molecule has 0 radical (unpaired) electrons. The lowest BCUT2D eigenvalue weighted by Gasteiger charge is -2.07. The third kappa shape index (κ3) is 4.32. The van der Waals surface area contributed by atoms with E-state index < -0.39 is 11.8 Å². The number of carbonyl (C=O) groups excluding carboxylic acids is 2. The Balaban J connectivity index is 1.66. The Bertz CT molecular complexity index is 1030. The second-order valence-electron chi connectivity index (χ2n) is 6.02. The highest BCUT2D eigenvalue weighted by atomic mass is 35.5. The number of nitrogens with one attached hydrogen (secondary N) is 2. The molecule has 28 heavy (non-hydrogen) atoms. The second-order valence-corrected chi connectivity index (χ2v) is 6.43. The van der Waals surface area contributed by atoms with Gasteiger partial charge >= 0.3 is 0 Å². The van der Waals surface area contributed by atoms with Gasteiger partial charge in [-0.3, -0.25) is 14.3 Å². The van der Waals surface area contributed by atoms with Crippen LogP contribution >= 0.6 is 11.6 Å². The fraction of sp³-hybridized carbons (Fsp3) is 0.222. The molecule has 0 aliphatic heterocycles. The largest absolute Gasteiger partial charge is 0.471 e. The molecule has 0 bridgehead atoms. The van der Waals surface area contributed by atoms with E-state index in [0.717, 1.165) is 5.56 Å². The van der Waals surface area contributed by atoms with E-state index in [4.69, 9.17) is 16.3 Å². The Labute approximate surface area is 166 Å². The quantitative estimate of drug-likeness (QED) is 0.658. The van der Waals surface area contributed by atoms with Crippen molar-refractivity contribution in [2.75, 3.05) is 12.4 Å². The molecule has 10 heteroatoms. The molecule has 2 amide bonds. The van der Waals surface area contributed by atoms with Crippen LogP contribution in [0, 0.1) is 6.92 Å². The molecular weight excluding hydrogens is 384 g/mol. The van der Waals surface area contributed by atoms with Crippen molar-refractivity contribution < 1.29 is 14.3 Å². The minimum absolute atomic E-state index is 0.124. The zero-order valence-corrected chi connectivity index (χ0v) is 16.3. The average Bonchev–Trinajstić information content (AvgIpc) is 3.28. The lowest BCUT2D eigenvalue weighted by atomic mass is 10.2. The second kappa shape index (κ2) is 8.13. The predicted molar refractivity (Wildman–Crippen MR) is 104 cm³/mol. The van der Waals surface area contributed by atoms with Crippen molar-refractivity contribution in [3.8, 4) is 5.75 Å². The van der Waals surface area contributed by atoms with Gasteiger partial charge in [0.05, 0.1) is 5.69 Å². The van der Waals surface area contributed by atoms with Gasteiger partial charge in [0.15, 0.2) is 18.1 Å². The molecule has 0 spiro atoms. The van der Waals surface area contributed by atoms with Gasteiger partial charge in [-0.15, -0.1) is 0 Å². The van der Waals surface area contributed by atoms with Crippen molar-refractivity contribution >= 4 is 29.1 Å². The summed E-state index contributed by atoms with van der Waals surface area (Å²) in [4.78, 5) is 24.3. The summed E-state index contributed by atoms with van der Waals surface area (Å²) in [6.45, 7) is 2.02. The van der Waals surface area contributed by atoms with E-state index >= 15 is 0 Å². The molecule has 2 N–H and O–H groups in total. The van der Waals surface area contributed by atoms with Gasteiger partial charge in [0, 0.05) is 31.5 Å². The molecule has 0 saturated carbocycles. The normalized spacial score (nSPS) is 10.6.